The molecule has 0 N–H and O–H groups in total. The summed E-state index contributed by atoms with van der Waals surface area (Å²) in [5, 5.41) is 0.444. The summed E-state index contributed by atoms with van der Waals surface area (Å²) in [6.45, 7) is 2.17. The second-order valence-corrected chi connectivity index (χ2v) is 7.86. The van der Waals surface area contributed by atoms with Gasteiger partial charge in [-0.1, -0.05) is 29.8 Å². The molecule has 0 amide bonds. The molecule has 1 heterocycles. The van der Waals surface area contributed by atoms with Crippen LogP contribution in [0.15, 0.2) is 53.4 Å². The molecule has 7 heteroatoms. The molecule has 1 fully saturated rings. The summed E-state index contributed by atoms with van der Waals surface area (Å²) in [5.41, 5.74) is 1.11. The molecule has 3 rings (SSSR count). The smallest absolute Gasteiger partial charge is 0.246 e. The minimum absolute atomic E-state index is 0.155. The summed E-state index contributed by atoms with van der Waals surface area (Å²) in [6.07, 6.45) is 0. The van der Waals surface area contributed by atoms with Gasteiger partial charge < -0.3 is 9.64 Å². The van der Waals surface area contributed by atoms with Crippen molar-refractivity contribution in [1.82, 2.24) is 4.31 Å². The second kappa shape index (κ2) is 7.01. The van der Waals surface area contributed by atoms with Crippen LogP contribution in [0.2, 0.25) is 5.02 Å². The maximum absolute atomic E-state index is 12.9. The van der Waals surface area contributed by atoms with Crippen LogP contribution in [0.25, 0.3) is 0 Å². The molecule has 0 atom stereocenters. The van der Waals surface area contributed by atoms with Crippen LogP contribution in [0.5, 0.6) is 5.75 Å². The molecule has 1 aliphatic rings. The van der Waals surface area contributed by atoms with E-state index in [9.17, 15) is 8.42 Å². The number of ether oxygens (including phenoxy) is 1. The molecule has 2 aromatic carbocycles. The van der Waals surface area contributed by atoms with E-state index in [0.29, 0.717) is 31.2 Å². The lowest BCUT2D eigenvalue weighted by Gasteiger charge is -2.35. The minimum Gasteiger partial charge on any atom is -0.495 e. The number of nitrogens with zero attached hydrogens (tertiary/aromatic N) is 2. The van der Waals surface area contributed by atoms with Gasteiger partial charge in [0.25, 0.3) is 0 Å². The van der Waals surface area contributed by atoms with Crippen molar-refractivity contribution < 1.29 is 13.2 Å². The maximum atomic E-state index is 12.9. The highest BCUT2D eigenvalue weighted by molar-refractivity contribution is 7.89. The maximum Gasteiger partial charge on any atom is 0.246 e. The van der Waals surface area contributed by atoms with Crippen molar-refractivity contribution in [3.63, 3.8) is 0 Å². The summed E-state index contributed by atoms with van der Waals surface area (Å²) in [5.74, 6) is 0.271. The Morgan fingerprint density at radius 3 is 2.29 bits per heavy atom. The van der Waals surface area contributed by atoms with Gasteiger partial charge in [0.2, 0.25) is 10.0 Å². The number of benzene rings is 2. The number of hydrogen-bond donors (Lipinski definition) is 0. The lowest BCUT2D eigenvalue weighted by molar-refractivity contribution is 0.374. The van der Waals surface area contributed by atoms with E-state index in [4.69, 9.17) is 16.3 Å². The predicted octanol–water partition coefficient (Wildman–Crippen LogP) is 2.86. The van der Waals surface area contributed by atoms with Crippen LogP contribution < -0.4 is 9.64 Å². The second-order valence-electron chi connectivity index (χ2n) is 5.52. The topological polar surface area (TPSA) is 49.9 Å². The molecule has 128 valence electrons. The van der Waals surface area contributed by atoms with E-state index in [1.807, 2.05) is 30.3 Å². The zero-order chi connectivity index (χ0) is 17.2. The molecule has 0 aliphatic carbocycles. The monoisotopic (exact) mass is 366 g/mol. The number of hydrogen-bond acceptors (Lipinski definition) is 4. The lowest BCUT2D eigenvalue weighted by atomic mass is 10.2. The molecule has 0 aromatic heterocycles. The fraction of sp³-hybridized carbons (Fsp3) is 0.294. The van der Waals surface area contributed by atoms with Crippen molar-refractivity contribution in [3.05, 3.63) is 53.6 Å². The molecule has 0 unspecified atom stereocenters. The zero-order valence-electron chi connectivity index (χ0n) is 13.4. The number of rotatable bonds is 4. The Hall–Kier alpha value is -1.76. The standard InChI is InChI=1S/C17H19ClN2O3S/c1-23-16-13-14(18)7-8-17(16)24(21,22)20-11-9-19(10-12-20)15-5-3-2-4-6-15/h2-8,13H,9-12H2,1H3. The van der Waals surface area contributed by atoms with E-state index in [1.165, 1.54) is 23.5 Å². The van der Waals surface area contributed by atoms with Gasteiger partial charge in [0, 0.05) is 43.0 Å². The van der Waals surface area contributed by atoms with Crippen LogP contribution >= 0.6 is 11.6 Å². The molecule has 1 aliphatic heterocycles. The van der Waals surface area contributed by atoms with Gasteiger partial charge in [-0.05, 0) is 24.3 Å². The molecular formula is C17H19ClN2O3S. The number of anilines is 1. The summed E-state index contributed by atoms with van der Waals surface area (Å²) in [6, 6.07) is 14.6. The van der Waals surface area contributed by atoms with E-state index in [0.717, 1.165) is 5.69 Å². The third-order valence-electron chi connectivity index (χ3n) is 4.10. The van der Waals surface area contributed by atoms with E-state index in [-0.39, 0.29) is 10.6 Å². The Kier molecular flexibility index (Phi) is 4.99. The quantitative estimate of drug-likeness (QED) is 0.834. The van der Waals surface area contributed by atoms with Gasteiger partial charge in [-0.2, -0.15) is 4.31 Å². The van der Waals surface area contributed by atoms with Crippen molar-refractivity contribution in [1.29, 1.82) is 0 Å². The molecule has 5 nitrogen and oxygen atoms in total. The zero-order valence-corrected chi connectivity index (χ0v) is 14.9. The van der Waals surface area contributed by atoms with Gasteiger partial charge >= 0.3 is 0 Å². The normalized spacial score (nSPS) is 16.2. The Morgan fingerprint density at radius 2 is 1.67 bits per heavy atom. The van der Waals surface area contributed by atoms with Crippen molar-refractivity contribution in [2.24, 2.45) is 0 Å². The van der Waals surface area contributed by atoms with Crippen molar-refractivity contribution in [2.75, 3.05) is 38.2 Å². The summed E-state index contributed by atoms with van der Waals surface area (Å²) < 4.78 is 32.5. The largest absolute Gasteiger partial charge is 0.495 e. The fourth-order valence-corrected chi connectivity index (χ4v) is 4.54. The van der Waals surface area contributed by atoms with E-state index >= 15 is 0 Å². The molecule has 0 radical (unpaired) electrons. The fourth-order valence-electron chi connectivity index (χ4n) is 2.82. The third kappa shape index (κ3) is 3.36. The lowest BCUT2D eigenvalue weighted by Crippen LogP contribution is -2.48. The van der Waals surface area contributed by atoms with E-state index in [1.54, 1.807) is 6.07 Å². The van der Waals surface area contributed by atoms with Crippen LogP contribution in [-0.2, 0) is 10.0 Å². The highest BCUT2D eigenvalue weighted by atomic mass is 35.5. The molecule has 0 bridgehead atoms. The van der Waals surface area contributed by atoms with E-state index < -0.39 is 10.0 Å². The van der Waals surface area contributed by atoms with Crippen molar-refractivity contribution >= 4 is 27.3 Å². The Bertz CT molecular complexity index is 804. The first kappa shape index (κ1) is 17.1. The molecule has 1 saturated heterocycles. The van der Waals surface area contributed by atoms with Crippen LogP contribution in [0.4, 0.5) is 5.69 Å². The molecular weight excluding hydrogens is 348 g/mol. The van der Waals surface area contributed by atoms with Crippen molar-refractivity contribution in [3.8, 4) is 5.75 Å². The number of para-hydroxylation sites is 1. The average molecular weight is 367 g/mol. The third-order valence-corrected chi connectivity index (χ3v) is 6.28. The SMILES string of the molecule is COc1cc(Cl)ccc1S(=O)(=O)N1CCN(c2ccccc2)CC1. The number of sulfonamides is 1. The molecule has 24 heavy (non-hydrogen) atoms. The number of halogens is 1. The highest BCUT2D eigenvalue weighted by Crippen LogP contribution is 2.30. The van der Waals surface area contributed by atoms with Gasteiger partial charge in [-0.3, -0.25) is 0 Å². The van der Waals surface area contributed by atoms with Gasteiger partial charge in [0.05, 0.1) is 7.11 Å². The van der Waals surface area contributed by atoms with E-state index in [2.05, 4.69) is 4.90 Å². The summed E-state index contributed by atoms with van der Waals surface area (Å²) in [4.78, 5) is 2.34. The predicted molar refractivity (Wildman–Crippen MR) is 95.4 cm³/mol. The Morgan fingerprint density at radius 1 is 1.00 bits per heavy atom. The van der Waals surface area contributed by atoms with Gasteiger partial charge in [-0.25, -0.2) is 8.42 Å². The minimum atomic E-state index is -3.60. The first-order valence-corrected chi connectivity index (χ1v) is 9.48. The van der Waals surface area contributed by atoms with Gasteiger partial charge in [-0.15, -0.1) is 0 Å². The van der Waals surface area contributed by atoms with Crippen molar-refractivity contribution in [2.45, 2.75) is 4.90 Å². The Labute approximate surface area is 147 Å². The Balaban J connectivity index is 1.78. The first-order chi connectivity index (χ1) is 11.5. The summed E-state index contributed by atoms with van der Waals surface area (Å²) in [7, 11) is -2.16. The van der Waals surface area contributed by atoms with Crippen LogP contribution in [0, 0.1) is 0 Å². The molecule has 0 saturated carbocycles. The van der Waals surface area contributed by atoms with Crippen LogP contribution in [0.3, 0.4) is 0 Å². The molecule has 0 spiro atoms. The van der Waals surface area contributed by atoms with Crippen LogP contribution in [0.1, 0.15) is 0 Å². The molecule has 2 aromatic rings. The van der Waals surface area contributed by atoms with Gasteiger partial charge in [0.1, 0.15) is 10.6 Å². The van der Waals surface area contributed by atoms with Crippen LogP contribution in [-0.4, -0.2) is 46.0 Å². The number of piperazine rings is 1. The average Bonchev–Trinajstić information content (AvgIpc) is 2.62. The highest BCUT2D eigenvalue weighted by Gasteiger charge is 2.30. The summed E-state index contributed by atoms with van der Waals surface area (Å²) >= 11 is 5.92. The first-order valence-electron chi connectivity index (χ1n) is 7.66. The number of methoxy groups -OCH3 is 1. The van der Waals surface area contributed by atoms with Gasteiger partial charge in [0.15, 0.2) is 0 Å².